The maximum atomic E-state index is 13.2. The van der Waals surface area contributed by atoms with Gasteiger partial charge < -0.3 is 4.40 Å². The molecular formula is C25H20N2OS. The largest absolute Gasteiger partial charge is 0.303 e. The molecule has 0 aliphatic rings. The average Bonchev–Trinajstić information content (AvgIpc) is 3.30. The van der Waals surface area contributed by atoms with E-state index >= 15 is 0 Å². The molecule has 2 aromatic carbocycles. The third kappa shape index (κ3) is 3.26. The lowest BCUT2D eigenvalue weighted by atomic mass is 10.0. The molecular weight excluding hydrogens is 376 g/mol. The average molecular weight is 397 g/mol. The maximum Gasteiger partial charge on any atom is 0.178 e. The van der Waals surface area contributed by atoms with Crippen LogP contribution in [-0.4, -0.2) is 15.2 Å². The predicted molar refractivity (Wildman–Crippen MR) is 120 cm³/mol. The van der Waals surface area contributed by atoms with Crippen molar-refractivity contribution in [2.75, 3.05) is 0 Å². The Kier molecular flexibility index (Phi) is 4.29. The number of hydrogen-bond acceptors (Lipinski definition) is 3. The molecule has 0 saturated carbocycles. The monoisotopic (exact) mass is 396 g/mol. The van der Waals surface area contributed by atoms with Gasteiger partial charge in [-0.1, -0.05) is 54.1 Å². The number of rotatable bonds is 4. The summed E-state index contributed by atoms with van der Waals surface area (Å²) in [4.78, 5) is 18.9. The molecule has 3 aromatic heterocycles. The SMILES string of the molecule is Cc1ccc(-c2nc3ccc(C)cn3c2CC(=O)c2cc3ccccc3s2)cc1. The molecule has 0 unspecified atom stereocenters. The lowest BCUT2D eigenvalue weighted by Gasteiger charge is -2.06. The molecule has 0 aliphatic carbocycles. The molecule has 5 aromatic rings. The number of carbonyl (C=O) groups is 1. The number of hydrogen-bond donors (Lipinski definition) is 0. The molecule has 0 spiro atoms. The highest BCUT2D eigenvalue weighted by molar-refractivity contribution is 7.20. The van der Waals surface area contributed by atoms with Crippen molar-refractivity contribution in [3.05, 3.63) is 94.6 Å². The van der Waals surface area contributed by atoms with E-state index in [0.29, 0.717) is 6.42 Å². The van der Waals surface area contributed by atoms with E-state index in [0.717, 1.165) is 43.1 Å². The molecule has 0 atom stereocenters. The fourth-order valence-electron chi connectivity index (χ4n) is 3.67. The molecule has 142 valence electrons. The summed E-state index contributed by atoms with van der Waals surface area (Å²) in [5, 5.41) is 1.12. The summed E-state index contributed by atoms with van der Waals surface area (Å²) >= 11 is 1.56. The summed E-state index contributed by atoms with van der Waals surface area (Å²) in [6, 6.07) is 22.5. The van der Waals surface area contributed by atoms with Crippen molar-refractivity contribution < 1.29 is 4.79 Å². The van der Waals surface area contributed by atoms with Crippen LogP contribution in [0, 0.1) is 13.8 Å². The van der Waals surface area contributed by atoms with E-state index in [1.54, 1.807) is 11.3 Å². The Morgan fingerprint density at radius 2 is 1.72 bits per heavy atom. The van der Waals surface area contributed by atoms with Crippen molar-refractivity contribution in [2.45, 2.75) is 20.3 Å². The summed E-state index contributed by atoms with van der Waals surface area (Å²) in [6.07, 6.45) is 2.38. The number of benzene rings is 2. The van der Waals surface area contributed by atoms with Crippen LogP contribution in [-0.2, 0) is 6.42 Å². The summed E-state index contributed by atoms with van der Waals surface area (Å²) < 4.78 is 3.21. The number of nitrogens with zero attached hydrogens (tertiary/aromatic N) is 2. The van der Waals surface area contributed by atoms with E-state index in [-0.39, 0.29) is 5.78 Å². The minimum Gasteiger partial charge on any atom is -0.303 e. The highest BCUT2D eigenvalue weighted by atomic mass is 32.1. The van der Waals surface area contributed by atoms with E-state index in [9.17, 15) is 4.79 Å². The lowest BCUT2D eigenvalue weighted by molar-refractivity contribution is 0.0995. The number of ketones is 1. The topological polar surface area (TPSA) is 34.4 Å². The highest BCUT2D eigenvalue weighted by Crippen LogP contribution is 2.29. The molecule has 0 fully saturated rings. The molecule has 0 bridgehead atoms. The minimum absolute atomic E-state index is 0.128. The first kappa shape index (κ1) is 17.8. The molecule has 3 heterocycles. The number of aromatic nitrogens is 2. The van der Waals surface area contributed by atoms with Gasteiger partial charge in [-0.15, -0.1) is 11.3 Å². The van der Waals surface area contributed by atoms with Gasteiger partial charge in [-0.05, 0) is 43.0 Å². The number of Topliss-reactive ketones (excluding diaryl/α,β-unsaturated/α-hetero) is 1. The van der Waals surface area contributed by atoms with Crippen LogP contribution in [0.2, 0.25) is 0 Å². The number of thiophene rings is 1. The van der Waals surface area contributed by atoms with Crippen molar-refractivity contribution in [3.63, 3.8) is 0 Å². The Morgan fingerprint density at radius 1 is 0.966 bits per heavy atom. The Bertz CT molecular complexity index is 1330. The Labute approximate surface area is 173 Å². The minimum atomic E-state index is 0.128. The molecule has 5 rings (SSSR count). The first-order valence-corrected chi connectivity index (χ1v) is 10.5. The van der Waals surface area contributed by atoms with Gasteiger partial charge in [0.1, 0.15) is 5.65 Å². The fraction of sp³-hybridized carbons (Fsp3) is 0.120. The summed E-state index contributed by atoms with van der Waals surface area (Å²) in [5.74, 6) is 0.128. The van der Waals surface area contributed by atoms with Crippen LogP contribution in [0.15, 0.2) is 72.9 Å². The first-order chi connectivity index (χ1) is 14.1. The number of carbonyl (C=O) groups excluding carboxylic acids is 1. The van der Waals surface area contributed by atoms with Gasteiger partial charge in [0.05, 0.1) is 22.7 Å². The van der Waals surface area contributed by atoms with Crippen LogP contribution in [0.1, 0.15) is 26.5 Å². The van der Waals surface area contributed by atoms with Gasteiger partial charge in [-0.3, -0.25) is 4.79 Å². The van der Waals surface area contributed by atoms with E-state index < -0.39 is 0 Å². The Hall–Kier alpha value is -3.24. The molecule has 0 saturated heterocycles. The first-order valence-electron chi connectivity index (χ1n) is 9.65. The summed E-state index contributed by atoms with van der Waals surface area (Å²) in [6.45, 7) is 4.13. The van der Waals surface area contributed by atoms with E-state index in [1.165, 1.54) is 5.56 Å². The number of pyridine rings is 1. The third-order valence-corrected chi connectivity index (χ3v) is 6.38. The Morgan fingerprint density at radius 3 is 2.52 bits per heavy atom. The van der Waals surface area contributed by atoms with E-state index in [4.69, 9.17) is 4.98 Å². The predicted octanol–water partition coefficient (Wildman–Crippen LogP) is 6.26. The van der Waals surface area contributed by atoms with E-state index in [1.807, 2.05) is 24.3 Å². The van der Waals surface area contributed by atoms with Gasteiger partial charge in [0.2, 0.25) is 0 Å². The Balaban J connectivity index is 1.62. The second kappa shape index (κ2) is 6.98. The van der Waals surface area contributed by atoms with Crippen LogP contribution in [0.3, 0.4) is 0 Å². The van der Waals surface area contributed by atoms with Crippen LogP contribution >= 0.6 is 11.3 Å². The molecule has 0 aliphatic heterocycles. The second-order valence-electron chi connectivity index (χ2n) is 7.46. The molecule has 0 N–H and O–H groups in total. The number of imidazole rings is 1. The van der Waals surface area contributed by atoms with Crippen molar-refractivity contribution >= 4 is 32.9 Å². The maximum absolute atomic E-state index is 13.2. The zero-order valence-electron chi connectivity index (χ0n) is 16.3. The summed E-state index contributed by atoms with van der Waals surface area (Å²) in [5.41, 5.74) is 6.07. The zero-order chi connectivity index (χ0) is 20.0. The smallest absolute Gasteiger partial charge is 0.178 e. The molecule has 3 nitrogen and oxygen atoms in total. The molecule has 29 heavy (non-hydrogen) atoms. The van der Waals surface area contributed by atoms with Crippen LogP contribution in [0.25, 0.3) is 27.0 Å². The van der Waals surface area contributed by atoms with Crippen molar-refractivity contribution in [2.24, 2.45) is 0 Å². The fourth-order valence-corrected chi connectivity index (χ4v) is 4.67. The van der Waals surface area contributed by atoms with Gasteiger partial charge in [0.15, 0.2) is 5.78 Å². The van der Waals surface area contributed by atoms with Gasteiger partial charge in [0, 0.05) is 16.5 Å². The highest BCUT2D eigenvalue weighted by Gasteiger charge is 2.19. The number of fused-ring (bicyclic) bond motifs is 2. The van der Waals surface area contributed by atoms with Gasteiger partial charge in [0.25, 0.3) is 0 Å². The third-order valence-electron chi connectivity index (χ3n) is 5.22. The van der Waals surface area contributed by atoms with Crippen LogP contribution in [0.5, 0.6) is 0 Å². The van der Waals surface area contributed by atoms with Gasteiger partial charge >= 0.3 is 0 Å². The quantitative estimate of drug-likeness (QED) is 0.336. The molecule has 4 heteroatoms. The van der Waals surface area contributed by atoms with Gasteiger partial charge in [-0.2, -0.15) is 0 Å². The standard InChI is InChI=1S/C25H20N2OS/c1-16-7-10-18(11-8-16)25-20(27-15-17(2)9-12-24(27)26-25)14-21(28)23-13-19-5-3-4-6-22(19)29-23/h3-13,15H,14H2,1-2H3. The van der Waals surface area contributed by atoms with Crippen molar-refractivity contribution in [3.8, 4) is 11.3 Å². The van der Waals surface area contributed by atoms with E-state index in [2.05, 4.69) is 66.9 Å². The molecule has 0 radical (unpaired) electrons. The van der Waals surface area contributed by atoms with Crippen LogP contribution < -0.4 is 0 Å². The number of aryl methyl sites for hydroxylation is 2. The normalized spacial score (nSPS) is 11.4. The lowest BCUT2D eigenvalue weighted by Crippen LogP contribution is -2.05. The summed E-state index contributed by atoms with van der Waals surface area (Å²) in [7, 11) is 0. The van der Waals surface area contributed by atoms with Crippen molar-refractivity contribution in [1.29, 1.82) is 0 Å². The van der Waals surface area contributed by atoms with Gasteiger partial charge in [-0.25, -0.2) is 4.98 Å². The molecule has 0 amide bonds. The second-order valence-corrected chi connectivity index (χ2v) is 8.54. The zero-order valence-corrected chi connectivity index (χ0v) is 17.2. The van der Waals surface area contributed by atoms with Crippen molar-refractivity contribution in [1.82, 2.24) is 9.38 Å². The van der Waals surface area contributed by atoms with Crippen LogP contribution in [0.4, 0.5) is 0 Å².